The van der Waals surface area contributed by atoms with Crippen LogP contribution in [-0.2, 0) is 0 Å². The first-order chi connectivity index (χ1) is 7.44. The first-order valence-electron chi connectivity index (χ1n) is 5.53. The van der Waals surface area contributed by atoms with E-state index in [9.17, 15) is 0 Å². The van der Waals surface area contributed by atoms with Crippen molar-refractivity contribution < 1.29 is 5.11 Å². The number of hydrogen-bond acceptors (Lipinski definition) is 3. The number of nitrogens with one attached hydrogen (secondary N) is 1. The van der Waals surface area contributed by atoms with Gasteiger partial charge in [0, 0.05) is 33.9 Å². The summed E-state index contributed by atoms with van der Waals surface area (Å²) in [5, 5.41) is 14.6. The molecular formula is C12H20BrNOS. The summed E-state index contributed by atoms with van der Waals surface area (Å²) in [4.78, 5) is 1.34. The highest BCUT2D eigenvalue weighted by Crippen LogP contribution is 2.26. The van der Waals surface area contributed by atoms with E-state index in [4.69, 9.17) is 5.11 Å². The predicted octanol–water partition coefficient (Wildman–Crippen LogP) is 3.57. The Balaban J connectivity index is 2.43. The summed E-state index contributed by atoms with van der Waals surface area (Å²) < 4.78 is 1.15. The van der Waals surface area contributed by atoms with Crippen LogP contribution < -0.4 is 5.32 Å². The van der Waals surface area contributed by atoms with Gasteiger partial charge >= 0.3 is 0 Å². The van der Waals surface area contributed by atoms with Gasteiger partial charge in [-0.05, 0) is 40.8 Å². The quantitative estimate of drug-likeness (QED) is 0.842. The zero-order valence-electron chi connectivity index (χ0n) is 10.1. The van der Waals surface area contributed by atoms with Crippen LogP contribution in [-0.4, -0.2) is 18.3 Å². The van der Waals surface area contributed by atoms with Gasteiger partial charge in [0.15, 0.2) is 0 Å². The van der Waals surface area contributed by atoms with Crippen LogP contribution in [0, 0.1) is 5.41 Å². The topological polar surface area (TPSA) is 32.3 Å². The number of hydrogen-bond donors (Lipinski definition) is 2. The van der Waals surface area contributed by atoms with Gasteiger partial charge in [-0.25, -0.2) is 0 Å². The third-order valence-electron chi connectivity index (χ3n) is 2.69. The van der Waals surface area contributed by atoms with E-state index < -0.39 is 0 Å². The fourth-order valence-electron chi connectivity index (χ4n) is 1.48. The highest BCUT2D eigenvalue weighted by Gasteiger charge is 2.18. The molecule has 1 unspecified atom stereocenters. The van der Waals surface area contributed by atoms with Crippen molar-refractivity contribution >= 4 is 27.3 Å². The van der Waals surface area contributed by atoms with E-state index >= 15 is 0 Å². The molecule has 0 saturated carbocycles. The molecular weight excluding hydrogens is 286 g/mol. The first-order valence-corrected chi connectivity index (χ1v) is 7.20. The number of aliphatic hydroxyl groups is 1. The van der Waals surface area contributed by atoms with Gasteiger partial charge < -0.3 is 10.4 Å². The van der Waals surface area contributed by atoms with E-state index in [2.05, 4.69) is 53.5 Å². The summed E-state index contributed by atoms with van der Waals surface area (Å²) in [6.45, 7) is 7.70. The van der Waals surface area contributed by atoms with Crippen molar-refractivity contribution in [3.8, 4) is 0 Å². The molecule has 0 aliphatic rings. The molecule has 0 saturated heterocycles. The first kappa shape index (κ1) is 14.2. The number of aliphatic hydroxyl groups excluding tert-OH is 1. The third-order valence-corrected chi connectivity index (χ3v) is 4.57. The van der Waals surface area contributed by atoms with E-state index in [-0.39, 0.29) is 12.0 Å². The standard InChI is InChI=1S/C12H20BrNOS/c1-9(11-6-10(13)7-16-11)14-8-12(2,3)4-5-15/h6-7,9,14-15H,4-5,8H2,1-3H3. The highest BCUT2D eigenvalue weighted by molar-refractivity contribution is 9.10. The third kappa shape index (κ3) is 4.53. The van der Waals surface area contributed by atoms with Crippen LogP contribution in [0.4, 0.5) is 0 Å². The lowest BCUT2D eigenvalue weighted by atomic mass is 9.89. The van der Waals surface area contributed by atoms with E-state index in [0.29, 0.717) is 6.04 Å². The molecule has 4 heteroatoms. The Hall–Kier alpha value is 0.1000. The molecule has 1 aromatic rings. The lowest BCUT2D eigenvalue weighted by molar-refractivity contribution is 0.204. The average Bonchev–Trinajstić information content (AvgIpc) is 2.61. The molecule has 2 nitrogen and oxygen atoms in total. The van der Waals surface area contributed by atoms with Crippen molar-refractivity contribution in [2.24, 2.45) is 5.41 Å². The average molecular weight is 306 g/mol. The van der Waals surface area contributed by atoms with Crippen molar-refractivity contribution in [2.75, 3.05) is 13.2 Å². The van der Waals surface area contributed by atoms with Gasteiger partial charge in [0.05, 0.1) is 0 Å². The van der Waals surface area contributed by atoms with Crippen LogP contribution in [0.1, 0.15) is 38.1 Å². The minimum absolute atomic E-state index is 0.150. The van der Waals surface area contributed by atoms with Gasteiger partial charge in [0.25, 0.3) is 0 Å². The minimum Gasteiger partial charge on any atom is -0.396 e. The Labute approximate surface area is 110 Å². The molecule has 16 heavy (non-hydrogen) atoms. The normalized spacial score (nSPS) is 14.1. The van der Waals surface area contributed by atoms with Crippen molar-refractivity contribution in [2.45, 2.75) is 33.2 Å². The van der Waals surface area contributed by atoms with Crippen LogP contribution in [0.5, 0.6) is 0 Å². The second-order valence-electron chi connectivity index (χ2n) is 4.91. The zero-order valence-corrected chi connectivity index (χ0v) is 12.5. The van der Waals surface area contributed by atoms with Crippen LogP contribution in [0.25, 0.3) is 0 Å². The summed E-state index contributed by atoms with van der Waals surface area (Å²) in [7, 11) is 0. The molecule has 0 spiro atoms. The Morgan fingerprint density at radius 1 is 1.56 bits per heavy atom. The maximum atomic E-state index is 8.96. The van der Waals surface area contributed by atoms with Crippen LogP contribution in [0.3, 0.4) is 0 Å². The molecule has 1 aromatic heterocycles. The Kier molecular flexibility index (Phi) is 5.44. The SMILES string of the molecule is CC(NCC(C)(C)CCO)c1cc(Br)cs1. The van der Waals surface area contributed by atoms with Gasteiger partial charge in [-0.3, -0.25) is 0 Å². The van der Waals surface area contributed by atoms with Crippen LogP contribution in [0.15, 0.2) is 15.9 Å². The fraction of sp³-hybridized carbons (Fsp3) is 0.667. The summed E-state index contributed by atoms with van der Waals surface area (Å²) in [6, 6.07) is 2.52. The predicted molar refractivity (Wildman–Crippen MR) is 73.9 cm³/mol. The summed E-state index contributed by atoms with van der Waals surface area (Å²) in [5.41, 5.74) is 0.150. The van der Waals surface area contributed by atoms with Gasteiger partial charge in [0.1, 0.15) is 0 Å². The molecule has 1 atom stereocenters. The lowest BCUT2D eigenvalue weighted by Gasteiger charge is -2.26. The molecule has 0 bridgehead atoms. The molecule has 0 amide bonds. The maximum absolute atomic E-state index is 8.96. The monoisotopic (exact) mass is 305 g/mol. The zero-order chi connectivity index (χ0) is 12.2. The van der Waals surface area contributed by atoms with E-state index in [1.807, 2.05) is 0 Å². The fourth-order valence-corrected chi connectivity index (χ4v) is 2.95. The Morgan fingerprint density at radius 3 is 2.75 bits per heavy atom. The van der Waals surface area contributed by atoms with E-state index in [0.717, 1.165) is 17.4 Å². The largest absolute Gasteiger partial charge is 0.396 e. The summed E-state index contributed by atoms with van der Waals surface area (Å²) in [5.74, 6) is 0. The van der Waals surface area contributed by atoms with Gasteiger partial charge in [-0.1, -0.05) is 13.8 Å². The molecule has 1 rings (SSSR count). The second-order valence-corrected chi connectivity index (χ2v) is 6.77. The second kappa shape index (κ2) is 6.15. The van der Waals surface area contributed by atoms with E-state index in [1.54, 1.807) is 11.3 Å². The van der Waals surface area contributed by atoms with Crippen molar-refractivity contribution in [1.82, 2.24) is 5.32 Å². The molecule has 0 aliphatic carbocycles. The maximum Gasteiger partial charge on any atom is 0.0436 e. The molecule has 0 aromatic carbocycles. The van der Waals surface area contributed by atoms with Gasteiger partial charge in [0.2, 0.25) is 0 Å². The van der Waals surface area contributed by atoms with Gasteiger partial charge in [-0.15, -0.1) is 11.3 Å². The summed E-state index contributed by atoms with van der Waals surface area (Å²) in [6.07, 6.45) is 0.834. The number of thiophene rings is 1. The van der Waals surface area contributed by atoms with Crippen molar-refractivity contribution in [1.29, 1.82) is 0 Å². The minimum atomic E-state index is 0.150. The Morgan fingerprint density at radius 2 is 2.25 bits per heavy atom. The lowest BCUT2D eigenvalue weighted by Crippen LogP contribution is -2.31. The van der Waals surface area contributed by atoms with Crippen LogP contribution >= 0.6 is 27.3 Å². The molecule has 0 fully saturated rings. The van der Waals surface area contributed by atoms with Crippen LogP contribution in [0.2, 0.25) is 0 Å². The number of halogens is 1. The van der Waals surface area contributed by atoms with Gasteiger partial charge in [-0.2, -0.15) is 0 Å². The molecule has 2 N–H and O–H groups in total. The molecule has 92 valence electrons. The van der Waals surface area contributed by atoms with Crippen molar-refractivity contribution in [3.05, 3.63) is 20.8 Å². The molecule has 0 radical (unpaired) electrons. The summed E-state index contributed by atoms with van der Waals surface area (Å²) >= 11 is 5.23. The number of rotatable bonds is 6. The molecule has 1 heterocycles. The smallest absolute Gasteiger partial charge is 0.0436 e. The molecule has 0 aliphatic heterocycles. The highest BCUT2D eigenvalue weighted by atomic mass is 79.9. The van der Waals surface area contributed by atoms with Crippen molar-refractivity contribution in [3.63, 3.8) is 0 Å². The van der Waals surface area contributed by atoms with E-state index in [1.165, 1.54) is 4.88 Å². The Bertz CT molecular complexity index is 325.